The van der Waals surface area contributed by atoms with Gasteiger partial charge in [0.1, 0.15) is 5.56 Å². The van der Waals surface area contributed by atoms with Gasteiger partial charge < -0.3 is 16.0 Å². The van der Waals surface area contributed by atoms with Crippen LogP contribution in [-0.2, 0) is 0 Å². The Labute approximate surface area is 93.0 Å². The summed E-state index contributed by atoms with van der Waals surface area (Å²) in [5, 5.41) is 2.80. The fraction of sp³-hybridized carbons (Fsp3) is 0.455. The van der Waals surface area contributed by atoms with Gasteiger partial charge in [-0.25, -0.2) is 0 Å². The Bertz CT molecular complexity index is 441. The summed E-state index contributed by atoms with van der Waals surface area (Å²) >= 11 is 0. The molecule has 4 N–H and O–H groups in total. The summed E-state index contributed by atoms with van der Waals surface area (Å²) in [6.45, 7) is 0. The van der Waals surface area contributed by atoms with Gasteiger partial charge in [-0.3, -0.25) is 9.59 Å². The van der Waals surface area contributed by atoms with Gasteiger partial charge in [-0.2, -0.15) is 0 Å². The number of hydrogen-bond donors (Lipinski definition) is 3. The Hall–Kier alpha value is -1.62. The van der Waals surface area contributed by atoms with E-state index in [4.69, 9.17) is 5.73 Å². The first kappa shape index (κ1) is 10.9. The lowest BCUT2D eigenvalue weighted by Crippen LogP contribution is -2.45. The van der Waals surface area contributed by atoms with Crippen molar-refractivity contribution in [3.63, 3.8) is 0 Å². The Kier molecular flexibility index (Phi) is 3.05. The highest BCUT2D eigenvalue weighted by atomic mass is 16.2. The average molecular weight is 221 g/mol. The minimum atomic E-state index is -0.343. The highest BCUT2D eigenvalue weighted by molar-refractivity contribution is 5.93. The van der Waals surface area contributed by atoms with Crippen molar-refractivity contribution in [3.05, 3.63) is 34.2 Å². The molecule has 5 nitrogen and oxygen atoms in total. The molecule has 0 aliphatic heterocycles. The zero-order valence-electron chi connectivity index (χ0n) is 8.90. The van der Waals surface area contributed by atoms with Gasteiger partial charge in [-0.15, -0.1) is 0 Å². The molecule has 0 aromatic carbocycles. The molecule has 1 aliphatic rings. The van der Waals surface area contributed by atoms with E-state index in [1.54, 1.807) is 0 Å². The van der Waals surface area contributed by atoms with Crippen LogP contribution in [0.3, 0.4) is 0 Å². The molecule has 0 saturated heterocycles. The summed E-state index contributed by atoms with van der Waals surface area (Å²) in [4.78, 5) is 25.9. The second-order valence-corrected chi connectivity index (χ2v) is 4.10. The van der Waals surface area contributed by atoms with Gasteiger partial charge in [0.15, 0.2) is 5.43 Å². The maximum atomic E-state index is 11.8. The number of rotatable bonds is 2. The fourth-order valence-electron chi connectivity index (χ4n) is 2.01. The maximum absolute atomic E-state index is 11.8. The van der Waals surface area contributed by atoms with Crippen LogP contribution in [-0.4, -0.2) is 23.0 Å². The Morgan fingerprint density at radius 3 is 2.94 bits per heavy atom. The van der Waals surface area contributed by atoms with Gasteiger partial charge in [-0.1, -0.05) is 0 Å². The molecule has 1 fully saturated rings. The van der Waals surface area contributed by atoms with Crippen LogP contribution >= 0.6 is 0 Å². The zero-order chi connectivity index (χ0) is 11.5. The van der Waals surface area contributed by atoms with Crippen molar-refractivity contribution in [2.75, 3.05) is 0 Å². The molecule has 86 valence electrons. The topological polar surface area (TPSA) is 88.0 Å². The summed E-state index contributed by atoms with van der Waals surface area (Å²) in [5.41, 5.74) is 5.71. The number of H-pyrrole nitrogens is 1. The summed E-state index contributed by atoms with van der Waals surface area (Å²) in [7, 11) is 0. The van der Waals surface area contributed by atoms with E-state index in [-0.39, 0.29) is 29.0 Å². The minimum Gasteiger partial charge on any atom is -0.367 e. The number of aromatic nitrogens is 1. The first-order chi connectivity index (χ1) is 7.68. The normalized spacial score (nSPS) is 24.3. The third-order valence-corrected chi connectivity index (χ3v) is 2.95. The number of hydrogen-bond acceptors (Lipinski definition) is 3. The van der Waals surface area contributed by atoms with Gasteiger partial charge in [0.2, 0.25) is 0 Å². The van der Waals surface area contributed by atoms with Gasteiger partial charge >= 0.3 is 0 Å². The van der Waals surface area contributed by atoms with Crippen LogP contribution in [0.2, 0.25) is 0 Å². The summed E-state index contributed by atoms with van der Waals surface area (Å²) in [6.07, 6.45) is 5.75. The van der Waals surface area contributed by atoms with Crippen molar-refractivity contribution in [3.8, 4) is 0 Å². The van der Waals surface area contributed by atoms with Gasteiger partial charge in [0, 0.05) is 30.5 Å². The van der Waals surface area contributed by atoms with E-state index in [0.717, 1.165) is 19.3 Å². The van der Waals surface area contributed by atoms with Crippen molar-refractivity contribution in [2.45, 2.75) is 31.3 Å². The maximum Gasteiger partial charge on any atom is 0.257 e. The molecule has 1 aliphatic carbocycles. The molecular formula is C11H15N3O2. The van der Waals surface area contributed by atoms with Gasteiger partial charge in [0.05, 0.1) is 0 Å². The molecular weight excluding hydrogens is 206 g/mol. The molecule has 2 rings (SSSR count). The molecule has 1 aromatic heterocycles. The highest BCUT2D eigenvalue weighted by Gasteiger charge is 2.26. The predicted octanol–water partition coefficient (Wildman–Crippen LogP) is -0.0155. The number of nitrogens with two attached hydrogens (primary N) is 1. The van der Waals surface area contributed by atoms with Crippen molar-refractivity contribution in [1.82, 2.24) is 10.3 Å². The van der Waals surface area contributed by atoms with Crippen LogP contribution in [0.4, 0.5) is 0 Å². The van der Waals surface area contributed by atoms with E-state index in [2.05, 4.69) is 10.3 Å². The third kappa shape index (κ3) is 2.14. The van der Waals surface area contributed by atoms with Crippen LogP contribution in [0.5, 0.6) is 0 Å². The van der Waals surface area contributed by atoms with E-state index in [1.165, 1.54) is 18.5 Å². The number of pyridine rings is 1. The van der Waals surface area contributed by atoms with Crippen LogP contribution in [0.1, 0.15) is 29.6 Å². The second-order valence-electron chi connectivity index (χ2n) is 4.10. The minimum absolute atomic E-state index is 0.00624. The molecule has 1 aromatic rings. The Balaban J connectivity index is 2.09. The molecule has 5 heteroatoms. The number of carbonyl (C=O) groups is 1. The van der Waals surface area contributed by atoms with E-state index >= 15 is 0 Å². The van der Waals surface area contributed by atoms with E-state index in [1.807, 2.05) is 0 Å². The summed E-state index contributed by atoms with van der Waals surface area (Å²) in [5.74, 6) is -0.343. The lowest BCUT2D eigenvalue weighted by atomic mass is 10.1. The molecule has 0 spiro atoms. The lowest BCUT2D eigenvalue weighted by molar-refractivity contribution is 0.0933. The summed E-state index contributed by atoms with van der Waals surface area (Å²) < 4.78 is 0. The van der Waals surface area contributed by atoms with E-state index in [0.29, 0.717) is 0 Å². The summed E-state index contributed by atoms with van der Waals surface area (Å²) in [6, 6.07) is 1.34. The molecule has 0 bridgehead atoms. The Morgan fingerprint density at radius 2 is 2.31 bits per heavy atom. The molecule has 1 amide bonds. The molecule has 1 heterocycles. The van der Waals surface area contributed by atoms with Crippen LogP contribution in [0, 0.1) is 0 Å². The SMILES string of the molecule is NC1CCCC1NC(=O)c1c[nH]ccc1=O. The first-order valence-electron chi connectivity index (χ1n) is 5.42. The zero-order valence-corrected chi connectivity index (χ0v) is 8.90. The lowest BCUT2D eigenvalue weighted by Gasteiger charge is -2.16. The number of amides is 1. The molecule has 0 radical (unpaired) electrons. The highest BCUT2D eigenvalue weighted by Crippen LogP contribution is 2.17. The average Bonchev–Trinajstić information content (AvgIpc) is 2.65. The predicted molar refractivity (Wildman–Crippen MR) is 60.1 cm³/mol. The number of aromatic amines is 1. The van der Waals surface area contributed by atoms with Crippen LogP contribution in [0.15, 0.2) is 23.3 Å². The van der Waals surface area contributed by atoms with Gasteiger partial charge in [0.25, 0.3) is 5.91 Å². The van der Waals surface area contributed by atoms with E-state index in [9.17, 15) is 9.59 Å². The molecule has 1 saturated carbocycles. The smallest absolute Gasteiger partial charge is 0.257 e. The third-order valence-electron chi connectivity index (χ3n) is 2.95. The molecule has 16 heavy (non-hydrogen) atoms. The van der Waals surface area contributed by atoms with Crippen molar-refractivity contribution >= 4 is 5.91 Å². The van der Waals surface area contributed by atoms with Crippen LogP contribution in [0.25, 0.3) is 0 Å². The fourth-order valence-corrected chi connectivity index (χ4v) is 2.01. The van der Waals surface area contributed by atoms with Crippen molar-refractivity contribution < 1.29 is 4.79 Å². The standard InChI is InChI=1S/C11H15N3O2/c12-8-2-1-3-9(8)14-11(16)7-6-13-5-4-10(7)15/h4-6,8-9H,1-3,12H2,(H,13,15)(H,14,16). The second kappa shape index (κ2) is 4.49. The molecule has 2 unspecified atom stereocenters. The van der Waals surface area contributed by atoms with Crippen molar-refractivity contribution in [1.29, 1.82) is 0 Å². The van der Waals surface area contributed by atoms with E-state index < -0.39 is 0 Å². The van der Waals surface area contributed by atoms with Gasteiger partial charge in [-0.05, 0) is 19.3 Å². The number of nitrogens with one attached hydrogen (secondary N) is 2. The van der Waals surface area contributed by atoms with Crippen LogP contribution < -0.4 is 16.5 Å². The Morgan fingerprint density at radius 1 is 1.50 bits per heavy atom. The largest absolute Gasteiger partial charge is 0.367 e. The van der Waals surface area contributed by atoms with Crippen molar-refractivity contribution in [2.24, 2.45) is 5.73 Å². The monoisotopic (exact) mass is 221 g/mol. The quantitative estimate of drug-likeness (QED) is 0.656. The molecule has 2 atom stereocenters. The number of carbonyl (C=O) groups excluding carboxylic acids is 1. The first-order valence-corrected chi connectivity index (χ1v) is 5.42.